The van der Waals surface area contributed by atoms with E-state index in [0.29, 0.717) is 6.54 Å². The Kier molecular flexibility index (Phi) is 3.79. The van der Waals surface area contributed by atoms with Gasteiger partial charge in [-0.15, -0.1) is 9.60 Å². The largest absolute Gasteiger partial charge is 0.361 e. The first kappa shape index (κ1) is 12.1. The van der Waals surface area contributed by atoms with Crippen molar-refractivity contribution >= 4 is 10.9 Å². The molecule has 3 heteroatoms. The van der Waals surface area contributed by atoms with Gasteiger partial charge in [0, 0.05) is 29.7 Å². The van der Waals surface area contributed by atoms with Crippen molar-refractivity contribution in [2.24, 2.45) is 0 Å². The van der Waals surface area contributed by atoms with Crippen LogP contribution in [0.4, 0.5) is 4.48 Å². The molecule has 1 atom stereocenters. The van der Waals surface area contributed by atoms with Gasteiger partial charge < -0.3 is 4.98 Å². The van der Waals surface area contributed by atoms with E-state index in [9.17, 15) is 4.48 Å². The minimum Gasteiger partial charge on any atom is -0.361 e. The van der Waals surface area contributed by atoms with Gasteiger partial charge in [0.05, 0.1) is 0 Å². The summed E-state index contributed by atoms with van der Waals surface area (Å²) < 4.78 is 13.6. The summed E-state index contributed by atoms with van der Waals surface area (Å²) in [6, 6.07) is 8.07. The zero-order valence-electron chi connectivity index (χ0n) is 10.4. The van der Waals surface area contributed by atoms with E-state index < -0.39 is 0 Å². The molecule has 1 heterocycles. The zero-order valence-corrected chi connectivity index (χ0v) is 10.4. The molecule has 2 rings (SSSR count). The normalized spacial score (nSPS) is 13.4. The second-order valence-electron chi connectivity index (χ2n) is 4.54. The van der Waals surface area contributed by atoms with Crippen molar-refractivity contribution in [1.29, 1.82) is 0 Å². The van der Waals surface area contributed by atoms with Crippen LogP contribution in [-0.4, -0.2) is 22.7 Å². The predicted octanol–water partition coefficient (Wildman–Crippen LogP) is 3.70. The molecule has 1 N–H and O–H groups in total. The summed E-state index contributed by atoms with van der Waals surface area (Å²) in [6.07, 6.45) is 3.57. The maximum absolute atomic E-state index is 13.6. The van der Waals surface area contributed by atoms with Crippen molar-refractivity contribution in [2.75, 3.05) is 6.54 Å². The second kappa shape index (κ2) is 5.32. The number of nitrogens with zero attached hydrogens (tertiary/aromatic N) is 1. The number of halogens is 1. The van der Waals surface area contributed by atoms with Gasteiger partial charge in [0.25, 0.3) is 0 Å². The number of hydrogen-bond acceptors (Lipinski definition) is 1. The molecule has 17 heavy (non-hydrogen) atoms. The Morgan fingerprint density at radius 2 is 2.12 bits per heavy atom. The lowest BCUT2D eigenvalue weighted by atomic mass is 10.1. The second-order valence-corrected chi connectivity index (χ2v) is 4.54. The lowest BCUT2D eigenvalue weighted by Gasteiger charge is -2.18. The number of aromatic nitrogens is 1. The average Bonchev–Trinajstić information content (AvgIpc) is 2.73. The Hall–Kier alpha value is -1.35. The standard InChI is InChI=1S/C14H19FN2/c1-3-8-17(15)11(2)9-12-10-16-14-7-5-4-6-13(12)14/h4-7,10-11,16H,3,8-9H2,1-2H3/t11-/m1/s1. The van der Waals surface area contributed by atoms with E-state index in [1.807, 2.05) is 38.2 Å². The molecule has 0 radical (unpaired) electrons. The molecule has 0 saturated carbocycles. The van der Waals surface area contributed by atoms with Crippen LogP contribution in [0.15, 0.2) is 30.5 Å². The van der Waals surface area contributed by atoms with E-state index in [-0.39, 0.29) is 6.04 Å². The van der Waals surface area contributed by atoms with Gasteiger partial charge in [-0.1, -0.05) is 25.1 Å². The molecule has 92 valence electrons. The molecule has 0 aliphatic rings. The number of nitrogens with one attached hydrogen (secondary N) is 1. The highest BCUT2D eigenvalue weighted by atomic mass is 19.2. The Bertz CT molecular complexity index is 478. The first-order chi connectivity index (χ1) is 8.22. The van der Waals surface area contributed by atoms with Gasteiger partial charge in [0.2, 0.25) is 0 Å². The van der Waals surface area contributed by atoms with Gasteiger partial charge in [-0.05, 0) is 31.4 Å². The fourth-order valence-electron chi connectivity index (χ4n) is 2.15. The number of aromatic amines is 1. The van der Waals surface area contributed by atoms with Crippen LogP contribution in [-0.2, 0) is 6.42 Å². The van der Waals surface area contributed by atoms with E-state index in [2.05, 4.69) is 11.1 Å². The van der Waals surface area contributed by atoms with E-state index in [1.54, 1.807) is 0 Å². The maximum atomic E-state index is 13.6. The van der Waals surface area contributed by atoms with Gasteiger partial charge in [-0.25, -0.2) is 0 Å². The van der Waals surface area contributed by atoms with Crippen LogP contribution in [0.5, 0.6) is 0 Å². The third-order valence-corrected chi connectivity index (χ3v) is 3.11. The van der Waals surface area contributed by atoms with Crippen LogP contribution < -0.4 is 0 Å². The quantitative estimate of drug-likeness (QED) is 0.782. The third-order valence-electron chi connectivity index (χ3n) is 3.11. The monoisotopic (exact) mass is 234 g/mol. The summed E-state index contributed by atoms with van der Waals surface area (Å²) in [4.78, 5) is 3.22. The summed E-state index contributed by atoms with van der Waals surface area (Å²) in [5.74, 6) is 0. The van der Waals surface area contributed by atoms with Crippen LogP contribution in [0.3, 0.4) is 0 Å². The van der Waals surface area contributed by atoms with Crippen molar-refractivity contribution in [3.8, 4) is 0 Å². The fourth-order valence-corrected chi connectivity index (χ4v) is 2.15. The van der Waals surface area contributed by atoms with Crippen molar-refractivity contribution < 1.29 is 4.48 Å². The van der Waals surface area contributed by atoms with E-state index >= 15 is 0 Å². The van der Waals surface area contributed by atoms with Gasteiger partial charge in [0.1, 0.15) is 0 Å². The molecule has 0 spiro atoms. The van der Waals surface area contributed by atoms with Crippen LogP contribution >= 0.6 is 0 Å². The summed E-state index contributed by atoms with van der Waals surface area (Å²) in [5, 5.41) is 2.13. The van der Waals surface area contributed by atoms with Crippen LogP contribution in [0, 0.1) is 0 Å². The SMILES string of the molecule is CCCN(F)[C@H](C)Cc1c[nH]c2ccccc12. The van der Waals surface area contributed by atoms with Crippen molar-refractivity contribution in [3.05, 3.63) is 36.0 Å². The van der Waals surface area contributed by atoms with Gasteiger partial charge in [0.15, 0.2) is 0 Å². The van der Waals surface area contributed by atoms with Crippen molar-refractivity contribution in [1.82, 2.24) is 10.1 Å². The first-order valence-electron chi connectivity index (χ1n) is 6.19. The minimum atomic E-state index is -0.0749. The molecular formula is C14H19FN2. The predicted molar refractivity (Wildman–Crippen MR) is 69.6 cm³/mol. The summed E-state index contributed by atoms with van der Waals surface area (Å²) >= 11 is 0. The van der Waals surface area contributed by atoms with Crippen molar-refractivity contribution in [3.63, 3.8) is 0 Å². The molecule has 0 amide bonds. The van der Waals surface area contributed by atoms with Crippen LogP contribution in [0.1, 0.15) is 25.8 Å². The van der Waals surface area contributed by atoms with E-state index in [1.165, 1.54) is 10.9 Å². The number of benzene rings is 1. The van der Waals surface area contributed by atoms with Crippen LogP contribution in [0.25, 0.3) is 10.9 Å². The lowest BCUT2D eigenvalue weighted by Crippen LogP contribution is -2.27. The lowest BCUT2D eigenvalue weighted by molar-refractivity contribution is -0.0144. The Balaban J connectivity index is 2.13. The Labute approximate surface area is 101 Å². The van der Waals surface area contributed by atoms with Gasteiger partial charge in [-0.2, -0.15) is 0 Å². The molecule has 1 aromatic heterocycles. The summed E-state index contributed by atoms with van der Waals surface area (Å²) in [6.45, 7) is 4.42. The Morgan fingerprint density at radius 1 is 1.35 bits per heavy atom. The average molecular weight is 234 g/mol. The van der Waals surface area contributed by atoms with E-state index in [4.69, 9.17) is 0 Å². The third kappa shape index (κ3) is 2.67. The number of para-hydroxylation sites is 1. The van der Waals surface area contributed by atoms with Gasteiger partial charge in [-0.3, -0.25) is 0 Å². The molecule has 1 aromatic carbocycles. The van der Waals surface area contributed by atoms with Crippen LogP contribution in [0.2, 0.25) is 0 Å². The van der Waals surface area contributed by atoms with Crippen molar-refractivity contribution in [2.45, 2.75) is 32.7 Å². The molecule has 0 unspecified atom stereocenters. The highest BCUT2D eigenvalue weighted by molar-refractivity contribution is 5.83. The molecule has 0 saturated heterocycles. The maximum Gasteiger partial charge on any atom is 0.0456 e. The zero-order chi connectivity index (χ0) is 12.3. The summed E-state index contributed by atoms with van der Waals surface area (Å²) in [5.41, 5.74) is 2.31. The first-order valence-corrected chi connectivity index (χ1v) is 6.19. The molecule has 2 nitrogen and oxygen atoms in total. The van der Waals surface area contributed by atoms with E-state index in [0.717, 1.165) is 23.5 Å². The number of hydrogen-bond donors (Lipinski definition) is 1. The molecule has 0 aliphatic carbocycles. The highest BCUT2D eigenvalue weighted by Gasteiger charge is 2.14. The molecule has 0 aliphatic heterocycles. The molecular weight excluding hydrogens is 215 g/mol. The smallest absolute Gasteiger partial charge is 0.0456 e. The van der Waals surface area contributed by atoms with Gasteiger partial charge >= 0.3 is 0 Å². The number of fused-ring (bicyclic) bond motifs is 1. The highest BCUT2D eigenvalue weighted by Crippen LogP contribution is 2.20. The fraction of sp³-hybridized carbons (Fsp3) is 0.429. The number of H-pyrrole nitrogens is 1. The molecule has 0 bridgehead atoms. The minimum absolute atomic E-state index is 0.0749. The Morgan fingerprint density at radius 3 is 2.88 bits per heavy atom. The summed E-state index contributed by atoms with van der Waals surface area (Å²) in [7, 11) is 0. The number of rotatable bonds is 5. The molecule has 2 aromatic rings. The molecule has 0 fully saturated rings. The topological polar surface area (TPSA) is 19.0 Å².